The summed E-state index contributed by atoms with van der Waals surface area (Å²) in [5.74, 6) is 0.524. The van der Waals surface area contributed by atoms with Crippen molar-refractivity contribution in [2.45, 2.75) is 38.7 Å². The summed E-state index contributed by atoms with van der Waals surface area (Å²) in [6, 6.07) is 10.0. The van der Waals surface area contributed by atoms with Crippen molar-refractivity contribution < 1.29 is 9.84 Å². The lowest BCUT2D eigenvalue weighted by molar-refractivity contribution is 0.0483. The molecule has 3 N–H and O–H groups in total. The molecule has 0 bridgehead atoms. The van der Waals surface area contributed by atoms with Crippen LogP contribution in [-0.4, -0.2) is 31.0 Å². The third kappa shape index (κ3) is 4.30. The van der Waals surface area contributed by atoms with Gasteiger partial charge in [0.25, 0.3) is 0 Å². The summed E-state index contributed by atoms with van der Waals surface area (Å²) in [6.07, 6.45) is 0.236. The van der Waals surface area contributed by atoms with E-state index in [9.17, 15) is 5.11 Å². The third-order valence-electron chi connectivity index (χ3n) is 3.66. The highest BCUT2D eigenvalue weighted by atomic mass is 16.5. The van der Waals surface area contributed by atoms with Crippen LogP contribution < -0.4 is 5.73 Å². The average molecular weight is 265 g/mol. The molecule has 0 aliphatic heterocycles. The Balaban J connectivity index is 2.77. The van der Waals surface area contributed by atoms with Gasteiger partial charge in [0.1, 0.15) is 0 Å². The van der Waals surface area contributed by atoms with Gasteiger partial charge < -0.3 is 15.6 Å². The first kappa shape index (κ1) is 16.2. The van der Waals surface area contributed by atoms with Crippen molar-refractivity contribution in [1.29, 1.82) is 0 Å². The molecule has 0 radical (unpaired) electrons. The molecule has 1 aromatic carbocycles. The smallest absolute Gasteiger partial charge is 0.0621 e. The quantitative estimate of drug-likeness (QED) is 0.709. The Labute approximate surface area is 116 Å². The summed E-state index contributed by atoms with van der Waals surface area (Å²) in [4.78, 5) is 0. The summed E-state index contributed by atoms with van der Waals surface area (Å²) in [5.41, 5.74) is 6.63. The molecule has 108 valence electrons. The highest BCUT2D eigenvalue weighted by Crippen LogP contribution is 2.31. The summed E-state index contributed by atoms with van der Waals surface area (Å²) in [7, 11) is 0. The first-order chi connectivity index (χ1) is 9.03. The first-order valence-corrected chi connectivity index (χ1v) is 7.04. The predicted molar refractivity (Wildman–Crippen MR) is 79.1 cm³/mol. The van der Waals surface area contributed by atoms with Gasteiger partial charge in [0.2, 0.25) is 0 Å². The zero-order valence-corrected chi connectivity index (χ0v) is 12.3. The molecule has 2 unspecified atom stereocenters. The number of aliphatic hydroxyl groups is 1. The molecule has 0 saturated heterocycles. The van der Waals surface area contributed by atoms with Gasteiger partial charge in [-0.3, -0.25) is 0 Å². The predicted octanol–water partition coefficient (Wildman–Crippen LogP) is 2.33. The Bertz CT molecular complexity index is 351. The molecule has 2 atom stereocenters. The SMILES string of the molecule is CC(C)COCCC(CN)(c1ccccc1)C(C)O. The topological polar surface area (TPSA) is 55.5 Å². The summed E-state index contributed by atoms with van der Waals surface area (Å²) in [5, 5.41) is 10.2. The van der Waals surface area contributed by atoms with E-state index in [1.807, 2.05) is 37.3 Å². The number of ether oxygens (including phenoxy) is 1. The van der Waals surface area contributed by atoms with E-state index in [0.29, 0.717) is 19.1 Å². The number of hydrogen-bond donors (Lipinski definition) is 2. The van der Waals surface area contributed by atoms with Crippen molar-refractivity contribution in [3.8, 4) is 0 Å². The Morgan fingerprint density at radius 2 is 1.84 bits per heavy atom. The maximum atomic E-state index is 10.2. The zero-order chi connectivity index (χ0) is 14.3. The number of aliphatic hydroxyl groups excluding tert-OH is 1. The molecule has 0 amide bonds. The Hall–Kier alpha value is -0.900. The van der Waals surface area contributed by atoms with E-state index < -0.39 is 11.5 Å². The van der Waals surface area contributed by atoms with Gasteiger partial charge in [-0.05, 0) is 24.8 Å². The maximum absolute atomic E-state index is 10.2. The van der Waals surface area contributed by atoms with E-state index in [2.05, 4.69) is 13.8 Å². The van der Waals surface area contributed by atoms with E-state index >= 15 is 0 Å². The third-order valence-corrected chi connectivity index (χ3v) is 3.66. The van der Waals surface area contributed by atoms with Crippen LogP contribution in [0.5, 0.6) is 0 Å². The molecule has 0 aliphatic rings. The summed E-state index contributed by atoms with van der Waals surface area (Å²) >= 11 is 0. The van der Waals surface area contributed by atoms with Crippen molar-refractivity contribution >= 4 is 0 Å². The van der Waals surface area contributed by atoms with Crippen molar-refractivity contribution in [3.05, 3.63) is 35.9 Å². The summed E-state index contributed by atoms with van der Waals surface area (Å²) < 4.78 is 5.66. The van der Waals surface area contributed by atoms with Gasteiger partial charge in [0, 0.05) is 25.2 Å². The van der Waals surface area contributed by atoms with E-state index in [4.69, 9.17) is 10.5 Å². The Morgan fingerprint density at radius 3 is 2.32 bits per heavy atom. The van der Waals surface area contributed by atoms with E-state index in [1.54, 1.807) is 0 Å². The fourth-order valence-electron chi connectivity index (χ4n) is 2.33. The Morgan fingerprint density at radius 1 is 1.21 bits per heavy atom. The van der Waals surface area contributed by atoms with Gasteiger partial charge in [0.15, 0.2) is 0 Å². The minimum absolute atomic E-state index is 0.416. The van der Waals surface area contributed by atoms with Crippen LogP contribution in [0.25, 0.3) is 0 Å². The van der Waals surface area contributed by atoms with Crippen LogP contribution in [-0.2, 0) is 10.2 Å². The van der Waals surface area contributed by atoms with Crippen LogP contribution in [0.4, 0.5) is 0 Å². The van der Waals surface area contributed by atoms with Crippen molar-refractivity contribution in [2.75, 3.05) is 19.8 Å². The number of hydrogen-bond acceptors (Lipinski definition) is 3. The number of nitrogens with two attached hydrogens (primary N) is 1. The van der Waals surface area contributed by atoms with E-state index in [1.165, 1.54) is 0 Å². The normalized spacial score (nSPS) is 16.3. The highest BCUT2D eigenvalue weighted by molar-refractivity contribution is 5.27. The molecule has 0 aromatic heterocycles. The van der Waals surface area contributed by atoms with Crippen LogP contribution in [0.2, 0.25) is 0 Å². The lowest BCUT2D eigenvalue weighted by atomic mass is 9.73. The lowest BCUT2D eigenvalue weighted by Gasteiger charge is -2.36. The van der Waals surface area contributed by atoms with Crippen LogP contribution in [0.15, 0.2) is 30.3 Å². The van der Waals surface area contributed by atoms with Gasteiger partial charge in [-0.1, -0.05) is 44.2 Å². The van der Waals surface area contributed by atoms with Gasteiger partial charge in [0.05, 0.1) is 6.10 Å². The minimum Gasteiger partial charge on any atom is -0.392 e. The van der Waals surface area contributed by atoms with Crippen molar-refractivity contribution in [1.82, 2.24) is 0 Å². The molecule has 0 spiro atoms. The molecular weight excluding hydrogens is 238 g/mol. The molecule has 0 heterocycles. The van der Waals surface area contributed by atoms with Crippen molar-refractivity contribution in [3.63, 3.8) is 0 Å². The second kappa shape index (κ2) is 7.63. The van der Waals surface area contributed by atoms with Gasteiger partial charge in [-0.2, -0.15) is 0 Å². The first-order valence-electron chi connectivity index (χ1n) is 7.04. The van der Waals surface area contributed by atoms with Crippen LogP contribution >= 0.6 is 0 Å². The van der Waals surface area contributed by atoms with Gasteiger partial charge in [-0.15, -0.1) is 0 Å². The molecule has 19 heavy (non-hydrogen) atoms. The molecule has 1 rings (SSSR count). The summed E-state index contributed by atoms with van der Waals surface area (Å²) in [6.45, 7) is 7.84. The molecule has 0 aliphatic carbocycles. The molecule has 3 heteroatoms. The lowest BCUT2D eigenvalue weighted by Crippen LogP contribution is -2.45. The molecule has 0 saturated carbocycles. The molecule has 1 aromatic rings. The monoisotopic (exact) mass is 265 g/mol. The van der Waals surface area contributed by atoms with Gasteiger partial charge >= 0.3 is 0 Å². The number of rotatable bonds is 8. The fourth-order valence-corrected chi connectivity index (χ4v) is 2.33. The molecular formula is C16H27NO2. The van der Waals surface area contributed by atoms with E-state index in [-0.39, 0.29) is 0 Å². The second-order valence-corrected chi connectivity index (χ2v) is 5.62. The minimum atomic E-state index is -0.498. The fraction of sp³-hybridized carbons (Fsp3) is 0.625. The number of benzene rings is 1. The largest absolute Gasteiger partial charge is 0.392 e. The zero-order valence-electron chi connectivity index (χ0n) is 12.3. The standard InChI is InChI=1S/C16H27NO2/c1-13(2)11-19-10-9-16(12-17,14(3)18)15-7-5-4-6-8-15/h4-8,13-14,18H,9-12,17H2,1-3H3. The highest BCUT2D eigenvalue weighted by Gasteiger charge is 2.35. The maximum Gasteiger partial charge on any atom is 0.0621 e. The second-order valence-electron chi connectivity index (χ2n) is 5.62. The Kier molecular flexibility index (Phi) is 6.49. The van der Waals surface area contributed by atoms with Gasteiger partial charge in [-0.25, -0.2) is 0 Å². The van der Waals surface area contributed by atoms with Crippen LogP contribution in [0.3, 0.4) is 0 Å². The van der Waals surface area contributed by atoms with E-state index in [0.717, 1.165) is 18.6 Å². The molecule has 3 nitrogen and oxygen atoms in total. The van der Waals surface area contributed by atoms with Crippen LogP contribution in [0, 0.1) is 5.92 Å². The average Bonchev–Trinajstić information content (AvgIpc) is 2.39. The van der Waals surface area contributed by atoms with Crippen LogP contribution in [0.1, 0.15) is 32.8 Å². The molecule has 0 fully saturated rings. The van der Waals surface area contributed by atoms with Crippen molar-refractivity contribution in [2.24, 2.45) is 11.7 Å².